The molecule has 0 atom stereocenters. The topological polar surface area (TPSA) is 82.2 Å². The van der Waals surface area contributed by atoms with E-state index >= 15 is 0 Å². The molecule has 2 aromatic heterocycles. The van der Waals surface area contributed by atoms with Crippen molar-refractivity contribution < 1.29 is 9.90 Å². The van der Waals surface area contributed by atoms with Gasteiger partial charge in [0, 0.05) is 33.9 Å². The SMILES string of the molecule is O=C(O)Cc1ccc(CNCc2csc(=O)[nH]2)s1. The Bertz CT molecular complexity index is 585. The van der Waals surface area contributed by atoms with Gasteiger partial charge in [0.05, 0.1) is 6.42 Å². The molecule has 0 aliphatic rings. The predicted molar refractivity (Wildman–Crippen MR) is 71.1 cm³/mol. The second-order valence-corrected chi connectivity index (χ2v) is 5.81. The number of aliphatic carboxylic acids is 1. The summed E-state index contributed by atoms with van der Waals surface area (Å²) in [6.07, 6.45) is 0.0719. The standard InChI is InChI=1S/C11H12N2O3S2/c14-10(15)3-8-1-2-9(18-8)5-12-4-7-6-17-11(16)13-7/h1-2,6,12H,3-5H2,(H,13,16)(H,14,15). The summed E-state index contributed by atoms with van der Waals surface area (Å²) in [5.41, 5.74) is 0.868. The molecule has 2 heterocycles. The van der Waals surface area contributed by atoms with Gasteiger partial charge in [-0.25, -0.2) is 0 Å². The van der Waals surface area contributed by atoms with Crippen LogP contribution in [-0.2, 0) is 24.3 Å². The van der Waals surface area contributed by atoms with Crippen molar-refractivity contribution in [2.75, 3.05) is 0 Å². The molecule has 0 saturated heterocycles. The fraction of sp³-hybridized carbons (Fsp3) is 0.273. The van der Waals surface area contributed by atoms with Crippen LogP contribution in [0.15, 0.2) is 22.3 Å². The summed E-state index contributed by atoms with van der Waals surface area (Å²) in [4.78, 5) is 26.1. The van der Waals surface area contributed by atoms with Crippen molar-refractivity contribution >= 4 is 28.6 Å². The Kier molecular flexibility index (Phi) is 4.29. The molecule has 0 aliphatic heterocycles. The molecule has 3 N–H and O–H groups in total. The maximum atomic E-state index is 10.9. The average molecular weight is 284 g/mol. The highest BCUT2D eigenvalue weighted by atomic mass is 32.1. The molecule has 7 heteroatoms. The Hall–Kier alpha value is -1.44. The quantitative estimate of drug-likeness (QED) is 0.749. The van der Waals surface area contributed by atoms with Crippen LogP contribution in [0.5, 0.6) is 0 Å². The number of thiophene rings is 1. The van der Waals surface area contributed by atoms with Crippen molar-refractivity contribution in [3.05, 3.63) is 42.6 Å². The van der Waals surface area contributed by atoms with Gasteiger partial charge in [-0.05, 0) is 12.1 Å². The highest BCUT2D eigenvalue weighted by molar-refractivity contribution is 7.12. The number of hydrogen-bond donors (Lipinski definition) is 3. The molecule has 0 unspecified atom stereocenters. The number of aromatic amines is 1. The number of hydrogen-bond acceptors (Lipinski definition) is 5. The normalized spacial score (nSPS) is 10.7. The summed E-state index contributed by atoms with van der Waals surface area (Å²) < 4.78 is 0. The molecule has 0 bridgehead atoms. The summed E-state index contributed by atoms with van der Waals surface area (Å²) in [6.45, 7) is 1.27. The number of carbonyl (C=O) groups is 1. The maximum absolute atomic E-state index is 10.9. The van der Waals surface area contributed by atoms with Gasteiger partial charge in [0.1, 0.15) is 0 Å². The first-order chi connectivity index (χ1) is 8.63. The Morgan fingerprint density at radius 2 is 2.11 bits per heavy atom. The molecule has 18 heavy (non-hydrogen) atoms. The monoisotopic (exact) mass is 284 g/mol. The lowest BCUT2D eigenvalue weighted by atomic mass is 10.3. The second-order valence-electron chi connectivity index (χ2n) is 3.72. The van der Waals surface area contributed by atoms with Crippen LogP contribution in [0.4, 0.5) is 0 Å². The van der Waals surface area contributed by atoms with Crippen molar-refractivity contribution in [3.8, 4) is 0 Å². The molecule has 0 aliphatic carbocycles. The third kappa shape index (κ3) is 3.80. The number of nitrogens with one attached hydrogen (secondary N) is 2. The fourth-order valence-corrected chi connectivity index (χ4v) is 3.04. The molecular formula is C11H12N2O3S2. The molecule has 2 rings (SSSR count). The maximum Gasteiger partial charge on any atom is 0.308 e. The average Bonchev–Trinajstić information content (AvgIpc) is 2.88. The van der Waals surface area contributed by atoms with E-state index in [1.807, 2.05) is 12.1 Å². The molecular weight excluding hydrogens is 272 g/mol. The lowest BCUT2D eigenvalue weighted by Crippen LogP contribution is -2.12. The van der Waals surface area contributed by atoms with E-state index in [2.05, 4.69) is 10.3 Å². The van der Waals surface area contributed by atoms with Gasteiger partial charge < -0.3 is 15.4 Å². The zero-order valence-corrected chi connectivity index (χ0v) is 11.1. The molecule has 0 fully saturated rings. The lowest BCUT2D eigenvalue weighted by molar-refractivity contribution is -0.136. The molecule has 0 aromatic carbocycles. The summed E-state index contributed by atoms with van der Waals surface area (Å²) in [7, 11) is 0. The first-order valence-corrected chi connectivity index (χ1v) is 7.00. The van der Waals surface area contributed by atoms with Crippen molar-refractivity contribution in [3.63, 3.8) is 0 Å². The minimum Gasteiger partial charge on any atom is -0.481 e. The van der Waals surface area contributed by atoms with Crippen molar-refractivity contribution in [2.24, 2.45) is 0 Å². The largest absolute Gasteiger partial charge is 0.481 e. The highest BCUT2D eigenvalue weighted by Crippen LogP contribution is 2.16. The molecule has 0 amide bonds. The molecule has 0 spiro atoms. The zero-order valence-electron chi connectivity index (χ0n) is 9.43. The van der Waals surface area contributed by atoms with Gasteiger partial charge >= 0.3 is 10.8 Å². The van der Waals surface area contributed by atoms with Gasteiger partial charge in [-0.1, -0.05) is 11.3 Å². The Morgan fingerprint density at radius 1 is 1.33 bits per heavy atom. The fourth-order valence-electron chi connectivity index (χ4n) is 1.48. The van der Waals surface area contributed by atoms with E-state index in [9.17, 15) is 9.59 Å². The molecule has 96 valence electrons. The Labute approximate surface area is 111 Å². The van der Waals surface area contributed by atoms with Crippen LogP contribution < -0.4 is 10.2 Å². The number of carboxylic acids is 1. The number of aromatic nitrogens is 1. The summed E-state index contributed by atoms with van der Waals surface area (Å²) >= 11 is 2.64. The van der Waals surface area contributed by atoms with E-state index in [1.165, 1.54) is 11.3 Å². The van der Waals surface area contributed by atoms with E-state index in [-0.39, 0.29) is 11.3 Å². The van der Waals surface area contributed by atoms with E-state index in [1.54, 1.807) is 5.38 Å². The summed E-state index contributed by atoms with van der Waals surface area (Å²) in [5, 5.41) is 13.7. The van der Waals surface area contributed by atoms with Gasteiger partial charge in [0.15, 0.2) is 0 Å². The molecule has 5 nitrogen and oxygen atoms in total. The van der Waals surface area contributed by atoms with E-state index in [0.717, 1.165) is 26.8 Å². The summed E-state index contributed by atoms with van der Waals surface area (Å²) in [6, 6.07) is 3.76. The van der Waals surface area contributed by atoms with Crippen LogP contribution in [0.1, 0.15) is 15.4 Å². The Balaban J connectivity index is 1.81. The van der Waals surface area contributed by atoms with Gasteiger partial charge in [-0.15, -0.1) is 11.3 Å². The zero-order chi connectivity index (χ0) is 13.0. The van der Waals surface area contributed by atoms with Gasteiger partial charge in [0.25, 0.3) is 0 Å². The van der Waals surface area contributed by atoms with Gasteiger partial charge in [-0.2, -0.15) is 0 Å². The van der Waals surface area contributed by atoms with Crippen LogP contribution in [0, 0.1) is 0 Å². The first kappa shape index (κ1) is 13.0. The van der Waals surface area contributed by atoms with E-state index < -0.39 is 5.97 Å². The van der Waals surface area contributed by atoms with E-state index in [0.29, 0.717) is 13.1 Å². The van der Waals surface area contributed by atoms with E-state index in [4.69, 9.17) is 5.11 Å². The van der Waals surface area contributed by atoms with Crippen molar-refractivity contribution in [2.45, 2.75) is 19.5 Å². The first-order valence-electron chi connectivity index (χ1n) is 5.30. The number of carboxylic acid groups (broad SMARTS) is 1. The molecule has 0 radical (unpaired) electrons. The highest BCUT2D eigenvalue weighted by Gasteiger charge is 2.04. The van der Waals surface area contributed by atoms with Crippen LogP contribution >= 0.6 is 22.7 Å². The minimum absolute atomic E-state index is 0.0494. The van der Waals surface area contributed by atoms with Crippen LogP contribution in [0.25, 0.3) is 0 Å². The summed E-state index contributed by atoms with van der Waals surface area (Å²) in [5.74, 6) is -0.813. The van der Waals surface area contributed by atoms with Gasteiger partial charge in [0.2, 0.25) is 0 Å². The third-order valence-corrected chi connectivity index (χ3v) is 4.03. The van der Waals surface area contributed by atoms with Gasteiger partial charge in [-0.3, -0.25) is 9.59 Å². The third-order valence-electron chi connectivity index (χ3n) is 2.23. The smallest absolute Gasteiger partial charge is 0.308 e. The lowest BCUT2D eigenvalue weighted by Gasteiger charge is -1.99. The molecule has 2 aromatic rings. The minimum atomic E-state index is -0.813. The number of H-pyrrole nitrogens is 1. The number of rotatable bonds is 6. The second kappa shape index (κ2) is 5.94. The Morgan fingerprint density at radius 3 is 2.78 bits per heavy atom. The molecule has 0 saturated carbocycles. The van der Waals surface area contributed by atoms with Crippen LogP contribution in [-0.4, -0.2) is 16.1 Å². The van der Waals surface area contributed by atoms with Crippen molar-refractivity contribution in [1.29, 1.82) is 0 Å². The van der Waals surface area contributed by atoms with Crippen LogP contribution in [0.2, 0.25) is 0 Å². The van der Waals surface area contributed by atoms with Crippen molar-refractivity contribution in [1.82, 2.24) is 10.3 Å². The van der Waals surface area contributed by atoms with Crippen LogP contribution in [0.3, 0.4) is 0 Å². The predicted octanol–water partition coefficient (Wildman–Crippen LogP) is 1.41. The number of thiazole rings is 1.